The minimum Gasteiger partial charge on any atom is -0.489 e. The van der Waals surface area contributed by atoms with Gasteiger partial charge in [0.2, 0.25) is 0 Å². The average molecular weight is 399 g/mol. The lowest BCUT2D eigenvalue weighted by Gasteiger charge is -2.21. The maximum Gasteiger partial charge on any atom is 0.174 e. The van der Waals surface area contributed by atoms with Gasteiger partial charge in [0.05, 0.1) is 16.1 Å². The van der Waals surface area contributed by atoms with Gasteiger partial charge >= 0.3 is 0 Å². The molecule has 0 aromatic heterocycles. The molecular weight excluding hydrogens is 384 g/mol. The monoisotopic (exact) mass is 397 g/mol. The molecule has 0 spiro atoms. The van der Waals surface area contributed by atoms with E-state index in [0.717, 1.165) is 5.76 Å². The Morgan fingerprint density at radius 1 is 1.26 bits per heavy atom. The smallest absolute Gasteiger partial charge is 0.174 e. The molecule has 1 atom stereocenters. The first-order chi connectivity index (χ1) is 10.9. The van der Waals surface area contributed by atoms with Gasteiger partial charge in [-0.15, -0.1) is 5.06 Å². The largest absolute Gasteiger partial charge is 0.489 e. The Hall–Kier alpha value is -0.780. The zero-order chi connectivity index (χ0) is 17.0. The summed E-state index contributed by atoms with van der Waals surface area (Å²) < 4.78 is 11.2. The molecule has 0 aliphatic carbocycles. The first-order valence-corrected chi connectivity index (χ1v) is 8.27. The Morgan fingerprint density at radius 3 is 2.43 bits per heavy atom. The molecule has 4 nitrogen and oxygen atoms in total. The molecule has 1 aliphatic heterocycles. The average Bonchev–Trinajstić information content (AvgIpc) is 2.75. The molecule has 126 valence electrons. The number of hydrogen-bond donors (Lipinski definition) is 0. The van der Waals surface area contributed by atoms with Crippen LogP contribution in [0, 0.1) is 0 Å². The zero-order valence-electron chi connectivity index (χ0n) is 12.5. The van der Waals surface area contributed by atoms with Crippen molar-refractivity contribution in [3.8, 4) is 11.5 Å². The number of hydroxylamine groups is 2. The fourth-order valence-corrected chi connectivity index (χ4v) is 2.65. The van der Waals surface area contributed by atoms with Crippen LogP contribution in [0.4, 0.5) is 0 Å². The van der Waals surface area contributed by atoms with E-state index in [1.54, 1.807) is 17.2 Å². The number of rotatable bonds is 6. The van der Waals surface area contributed by atoms with Crippen LogP contribution in [0.1, 0.15) is 13.8 Å². The normalized spacial score (nSPS) is 17.5. The summed E-state index contributed by atoms with van der Waals surface area (Å²) in [6.45, 7) is 4.28. The van der Waals surface area contributed by atoms with Crippen LogP contribution >= 0.6 is 46.4 Å². The molecule has 0 radical (unpaired) electrons. The topological polar surface area (TPSA) is 30.9 Å². The van der Waals surface area contributed by atoms with Crippen molar-refractivity contribution >= 4 is 46.4 Å². The zero-order valence-corrected chi connectivity index (χ0v) is 15.5. The van der Waals surface area contributed by atoms with Gasteiger partial charge in [0, 0.05) is 12.1 Å². The van der Waals surface area contributed by atoms with Gasteiger partial charge in [0.25, 0.3) is 0 Å². The fraction of sp³-hybridized carbons (Fsp3) is 0.333. The molecule has 1 heterocycles. The second-order valence-corrected chi connectivity index (χ2v) is 6.64. The Bertz CT molecular complexity index is 606. The van der Waals surface area contributed by atoms with Crippen molar-refractivity contribution in [2.45, 2.75) is 19.9 Å². The summed E-state index contributed by atoms with van der Waals surface area (Å²) in [6.07, 6.45) is 3.50. The first kappa shape index (κ1) is 18.6. The molecule has 1 aromatic rings. The third kappa shape index (κ3) is 5.37. The van der Waals surface area contributed by atoms with Crippen LogP contribution in [0.2, 0.25) is 10.0 Å². The van der Waals surface area contributed by atoms with Gasteiger partial charge < -0.3 is 14.3 Å². The minimum atomic E-state index is 0.113. The van der Waals surface area contributed by atoms with Gasteiger partial charge in [-0.2, -0.15) is 0 Å². The molecular formula is C15H15Cl4NO3. The summed E-state index contributed by atoms with van der Waals surface area (Å²) in [5.41, 5.74) is 0. The molecule has 0 saturated heterocycles. The third-order valence-electron chi connectivity index (χ3n) is 2.99. The number of benzene rings is 1. The first-order valence-electron chi connectivity index (χ1n) is 6.75. The van der Waals surface area contributed by atoms with Crippen molar-refractivity contribution in [1.29, 1.82) is 0 Å². The highest BCUT2D eigenvalue weighted by Crippen LogP contribution is 2.37. The Kier molecular flexibility index (Phi) is 6.74. The number of hydrogen-bond acceptors (Lipinski definition) is 4. The molecule has 1 aliphatic rings. The van der Waals surface area contributed by atoms with Crippen LogP contribution < -0.4 is 9.47 Å². The second kappa shape index (κ2) is 8.36. The van der Waals surface area contributed by atoms with Gasteiger partial charge in [-0.25, -0.2) is 0 Å². The van der Waals surface area contributed by atoms with Crippen LogP contribution in [-0.4, -0.2) is 24.4 Å². The Morgan fingerprint density at radius 2 is 1.91 bits per heavy atom. The van der Waals surface area contributed by atoms with E-state index in [1.807, 2.05) is 19.9 Å². The molecule has 0 saturated carbocycles. The molecule has 2 rings (SSSR count). The van der Waals surface area contributed by atoms with Crippen molar-refractivity contribution in [3.05, 3.63) is 44.6 Å². The quantitative estimate of drug-likeness (QED) is 0.626. The van der Waals surface area contributed by atoms with E-state index in [4.69, 9.17) is 60.7 Å². The van der Waals surface area contributed by atoms with Gasteiger partial charge in [-0.3, -0.25) is 0 Å². The molecule has 1 aromatic carbocycles. The lowest BCUT2D eigenvalue weighted by molar-refractivity contribution is -0.151. The van der Waals surface area contributed by atoms with Crippen molar-refractivity contribution in [2.75, 3.05) is 13.3 Å². The third-order valence-corrected chi connectivity index (χ3v) is 3.86. The maximum absolute atomic E-state index is 6.20. The lowest BCUT2D eigenvalue weighted by atomic mass is 10.3. The summed E-state index contributed by atoms with van der Waals surface area (Å²) >= 11 is 23.4. The number of allylic oxidation sites excluding steroid dienone is 1. The van der Waals surface area contributed by atoms with Crippen LogP contribution in [-0.2, 0) is 4.84 Å². The van der Waals surface area contributed by atoms with Crippen LogP contribution in [0.5, 0.6) is 11.5 Å². The van der Waals surface area contributed by atoms with E-state index in [-0.39, 0.29) is 23.9 Å². The number of nitrogens with zero attached hydrogens (tertiary/aromatic N) is 1. The fourth-order valence-electron chi connectivity index (χ4n) is 1.95. The SMILES string of the molecule is CC1=CC(C)N(COc2c(Cl)cc(OCC=C(Cl)Cl)cc2Cl)O1. The molecule has 23 heavy (non-hydrogen) atoms. The van der Waals surface area contributed by atoms with Gasteiger partial charge in [-0.05, 0) is 26.0 Å². The van der Waals surface area contributed by atoms with Gasteiger partial charge in [0.15, 0.2) is 12.5 Å². The highest BCUT2D eigenvalue weighted by atomic mass is 35.5. The maximum atomic E-state index is 6.20. The predicted molar refractivity (Wildman–Crippen MR) is 93.4 cm³/mol. The van der Waals surface area contributed by atoms with Crippen LogP contribution in [0.25, 0.3) is 0 Å². The summed E-state index contributed by atoms with van der Waals surface area (Å²) in [7, 11) is 0. The van der Waals surface area contributed by atoms with Crippen molar-refractivity contribution in [1.82, 2.24) is 5.06 Å². The van der Waals surface area contributed by atoms with E-state index >= 15 is 0 Å². The summed E-state index contributed by atoms with van der Waals surface area (Å²) in [5, 5.41) is 2.36. The van der Waals surface area contributed by atoms with E-state index in [9.17, 15) is 0 Å². The molecule has 8 heteroatoms. The van der Waals surface area contributed by atoms with Crippen LogP contribution in [0.15, 0.2) is 34.5 Å². The predicted octanol–water partition coefficient (Wildman–Crippen LogP) is 5.57. The minimum absolute atomic E-state index is 0.113. The van der Waals surface area contributed by atoms with Gasteiger partial charge in [-0.1, -0.05) is 46.4 Å². The molecule has 1 unspecified atom stereocenters. The highest BCUT2D eigenvalue weighted by molar-refractivity contribution is 6.55. The highest BCUT2D eigenvalue weighted by Gasteiger charge is 2.22. The van der Waals surface area contributed by atoms with Crippen LogP contribution in [0.3, 0.4) is 0 Å². The number of ether oxygens (including phenoxy) is 2. The van der Waals surface area contributed by atoms with Crippen molar-refractivity contribution in [2.24, 2.45) is 0 Å². The van der Waals surface area contributed by atoms with Crippen molar-refractivity contribution in [3.63, 3.8) is 0 Å². The summed E-state index contributed by atoms with van der Waals surface area (Å²) in [6, 6.07) is 3.33. The molecule has 0 N–H and O–H groups in total. The second-order valence-electron chi connectivity index (χ2n) is 4.82. The Labute approximate surface area is 155 Å². The standard InChI is InChI=1S/C15H15Cl4NO3/c1-9-5-10(2)23-20(9)8-22-15-12(16)6-11(7-13(15)17)21-4-3-14(18)19/h3,5-7,9H,4,8H2,1-2H3. The summed E-state index contributed by atoms with van der Waals surface area (Å²) in [4.78, 5) is 5.50. The van der Waals surface area contributed by atoms with Gasteiger partial charge in [0.1, 0.15) is 22.6 Å². The number of halogens is 4. The van der Waals surface area contributed by atoms with E-state index in [2.05, 4.69) is 0 Å². The van der Waals surface area contributed by atoms with E-state index in [0.29, 0.717) is 21.5 Å². The van der Waals surface area contributed by atoms with E-state index < -0.39 is 0 Å². The summed E-state index contributed by atoms with van der Waals surface area (Å²) in [5.74, 6) is 1.68. The lowest BCUT2D eigenvalue weighted by Crippen LogP contribution is -2.30. The Balaban J connectivity index is 1.99. The molecule has 0 fully saturated rings. The van der Waals surface area contributed by atoms with E-state index in [1.165, 1.54) is 6.08 Å². The van der Waals surface area contributed by atoms with Crippen molar-refractivity contribution < 1.29 is 14.3 Å². The molecule has 0 bridgehead atoms. The molecule has 0 amide bonds.